The van der Waals surface area contributed by atoms with Gasteiger partial charge in [-0.15, -0.1) is 0 Å². The minimum Gasteiger partial charge on any atom is -0.550 e. The number of hydrogen-bond acceptors (Lipinski definition) is 4. The summed E-state index contributed by atoms with van der Waals surface area (Å²) in [4.78, 5) is 19.0. The first-order valence-corrected chi connectivity index (χ1v) is 26.4. The Morgan fingerprint density at radius 2 is 0.485 bits per heavy atom. The Kier molecular flexibility index (Phi) is 17.2. The van der Waals surface area contributed by atoms with Crippen LogP contribution in [0.2, 0.25) is 0 Å². The van der Waals surface area contributed by atoms with Crippen molar-refractivity contribution in [2.45, 2.75) is 66.7 Å². The van der Waals surface area contributed by atoms with E-state index in [0.717, 1.165) is 12.3 Å². The third kappa shape index (κ3) is 11.5. The first-order valence-electron chi connectivity index (χ1n) is 22.5. The predicted molar refractivity (Wildman–Crippen MR) is 278 cm³/mol. The summed E-state index contributed by atoms with van der Waals surface area (Å²) in [6.07, 6.45) is 1.13. The fourth-order valence-electron chi connectivity index (χ4n) is 9.16. The van der Waals surface area contributed by atoms with E-state index < -0.39 is 39.3 Å². The van der Waals surface area contributed by atoms with Crippen LogP contribution in [0.15, 0.2) is 206 Å². The van der Waals surface area contributed by atoms with Crippen molar-refractivity contribution in [3.05, 3.63) is 251 Å². The van der Waals surface area contributed by atoms with Crippen molar-refractivity contribution in [3.8, 4) is 0 Å². The van der Waals surface area contributed by atoms with Crippen LogP contribution in [-0.2, 0) is 21.9 Å². The Labute approximate surface area is 393 Å². The van der Waals surface area contributed by atoms with Crippen LogP contribution in [-0.4, -0.2) is 11.9 Å². The molecule has 8 rings (SSSR count). The number of aliphatic carboxylic acids is 2. The molecule has 8 aromatic rings. The quantitative estimate of drug-likeness (QED) is 0.108. The number of hydrogen-bond donors (Lipinski definition) is 0. The van der Waals surface area contributed by atoms with Gasteiger partial charge >= 0.3 is 0 Å². The van der Waals surface area contributed by atoms with Gasteiger partial charge in [0.15, 0.2) is 0 Å². The molecule has 0 fully saturated rings. The van der Waals surface area contributed by atoms with Crippen LogP contribution in [0.5, 0.6) is 0 Å². The van der Waals surface area contributed by atoms with Crippen LogP contribution in [0.3, 0.4) is 0 Å². The minimum absolute atomic E-state index is 0.470. The molecule has 0 heterocycles. The summed E-state index contributed by atoms with van der Waals surface area (Å²) < 4.78 is 0. The maximum absolute atomic E-state index is 9.50. The molecule has 0 radical (unpaired) electrons. The molecule has 0 amide bonds. The van der Waals surface area contributed by atoms with Crippen molar-refractivity contribution < 1.29 is 19.8 Å². The highest BCUT2D eigenvalue weighted by Crippen LogP contribution is 2.61. The molecule has 0 bridgehead atoms. The van der Waals surface area contributed by atoms with Gasteiger partial charge in [-0.25, -0.2) is 0 Å². The van der Waals surface area contributed by atoms with E-state index in [-0.39, 0.29) is 0 Å². The summed E-state index contributed by atoms with van der Waals surface area (Å²) in [6.45, 7) is 13.6. The maximum Gasteiger partial charge on any atom is 0.117 e. The summed E-state index contributed by atoms with van der Waals surface area (Å²) in [5.41, 5.74) is 11.1. The highest BCUT2D eigenvalue weighted by molar-refractivity contribution is 7.95. The van der Waals surface area contributed by atoms with Gasteiger partial charge < -0.3 is 19.8 Å². The molecule has 0 aliphatic rings. The van der Waals surface area contributed by atoms with Crippen molar-refractivity contribution in [3.63, 3.8) is 0 Å². The molecule has 0 saturated carbocycles. The van der Waals surface area contributed by atoms with Gasteiger partial charge in [-0.2, -0.15) is 0 Å². The standard InChI is InChI=1S/2C28H28P.C4H6O4/c2*1-22-13-7-10-18-26(22)29(21-25-16-5-4-6-17-25,27-19-11-8-14-23(27)2)28-20-12-9-15-24(28)3;5-3(6)1-2-4(7)8/h2*4-20H,21H2,1-3H3;1-2H2,(H,5,6)(H,7,8)/q2*+1;/p-2. The topological polar surface area (TPSA) is 80.3 Å². The Bertz CT molecular complexity index is 2440. The van der Waals surface area contributed by atoms with Crippen molar-refractivity contribution in [1.29, 1.82) is 0 Å². The van der Waals surface area contributed by atoms with E-state index >= 15 is 0 Å². The number of carboxylic acids is 2. The zero-order chi connectivity index (χ0) is 47.1. The minimum atomic E-state index is -1.89. The largest absolute Gasteiger partial charge is 0.550 e. The van der Waals surface area contributed by atoms with E-state index in [1.807, 2.05) is 0 Å². The smallest absolute Gasteiger partial charge is 0.117 e. The molecule has 4 nitrogen and oxygen atoms in total. The van der Waals surface area contributed by atoms with Crippen LogP contribution < -0.4 is 42.0 Å². The molecule has 0 saturated heterocycles. The Hall–Kier alpha value is -6.44. The predicted octanol–water partition coefficient (Wildman–Crippen LogP) is 9.48. The van der Waals surface area contributed by atoms with Crippen molar-refractivity contribution in [1.82, 2.24) is 0 Å². The van der Waals surface area contributed by atoms with Crippen LogP contribution in [0.25, 0.3) is 0 Å². The third-order valence-corrected chi connectivity index (χ3v) is 21.8. The molecular weight excluding hydrogens is 847 g/mol. The summed E-state index contributed by atoms with van der Waals surface area (Å²) in [5.74, 6) is -2.73. The first kappa shape index (κ1) is 49.0. The number of carbonyl (C=O) groups excluding carboxylic acids is 2. The number of carbonyl (C=O) groups is 2. The lowest BCUT2D eigenvalue weighted by atomic mass is 10.2. The van der Waals surface area contributed by atoms with Gasteiger partial charge in [-0.3, -0.25) is 0 Å². The molecule has 6 heteroatoms. The highest BCUT2D eigenvalue weighted by Gasteiger charge is 2.49. The van der Waals surface area contributed by atoms with E-state index in [2.05, 4.69) is 248 Å². The van der Waals surface area contributed by atoms with Crippen molar-refractivity contribution >= 4 is 58.3 Å². The second-order valence-corrected chi connectivity index (χ2v) is 23.6. The van der Waals surface area contributed by atoms with Gasteiger partial charge in [0.2, 0.25) is 0 Å². The molecule has 0 spiro atoms. The van der Waals surface area contributed by atoms with Gasteiger partial charge in [-0.05, 0) is 135 Å². The monoisotopic (exact) mass is 906 g/mol. The molecule has 0 unspecified atom stereocenters. The molecule has 8 aromatic carbocycles. The maximum atomic E-state index is 9.50. The fourth-order valence-corrected chi connectivity index (χ4v) is 19.4. The molecule has 0 aliphatic carbocycles. The second-order valence-electron chi connectivity index (χ2n) is 16.9. The molecule has 334 valence electrons. The lowest BCUT2D eigenvalue weighted by Crippen LogP contribution is -2.36. The molecule has 0 aromatic heterocycles. The van der Waals surface area contributed by atoms with E-state index in [9.17, 15) is 19.8 Å². The molecule has 66 heavy (non-hydrogen) atoms. The number of benzene rings is 8. The summed E-state index contributed by atoms with van der Waals surface area (Å²) in [5, 5.41) is 28.0. The van der Waals surface area contributed by atoms with E-state index in [0.29, 0.717) is 0 Å². The normalized spacial score (nSPS) is 11.1. The van der Waals surface area contributed by atoms with E-state index in [4.69, 9.17) is 0 Å². The Morgan fingerprint density at radius 1 is 0.303 bits per heavy atom. The molecule has 0 atom stereocenters. The summed E-state index contributed by atoms with van der Waals surface area (Å²) in [7, 11) is -3.78. The van der Waals surface area contributed by atoms with Gasteiger partial charge in [-0.1, -0.05) is 170 Å². The van der Waals surface area contributed by atoms with Crippen LogP contribution in [0.4, 0.5) is 0 Å². The van der Waals surface area contributed by atoms with E-state index in [1.54, 1.807) is 0 Å². The highest BCUT2D eigenvalue weighted by atomic mass is 31.2. The molecule has 0 N–H and O–H groups in total. The van der Waals surface area contributed by atoms with Crippen molar-refractivity contribution in [2.24, 2.45) is 0 Å². The van der Waals surface area contributed by atoms with Gasteiger partial charge in [0, 0.05) is 11.9 Å². The van der Waals surface area contributed by atoms with Crippen molar-refractivity contribution in [2.75, 3.05) is 0 Å². The van der Waals surface area contributed by atoms with Crippen LogP contribution in [0.1, 0.15) is 57.3 Å². The lowest BCUT2D eigenvalue weighted by Gasteiger charge is -2.31. The van der Waals surface area contributed by atoms with Crippen LogP contribution >= 0.6 is 14.5 Å². The number of rotatable bonds is 13. The fraction of sp³-hybridized carbons (Fsp3) is 0.167. The summed E-state index contributed by atoms with van der Waals surface area (Å²) >= 11 is 0. The lowest BCUT2D eigenvalue weighted by molar-refractivity contribution is -0.315. The Morgan fingerprint density at radius 3 is 0.667 bits per heavy atom. The van der Waals surface area contributed by atoms with Gasteiger partial charge in [0.25, 0.3) is 0 Å². The Balaban J connectivity index is 0.000000188. The molecular formula is C60H60O4P2. The number of aryl methyl sites for hydroxylation is 6. The third-order valence-electron chi connectivity index (χ3n) is 12.2. The second kappa shape index (κ2) is 23.1. The molecule has 0 aliphatic heterocycles. The zero-order valence-corrected chi connectivity index (χ0v) is 40.8. The summed E-state index contributed by atoms with van der Waals surface area (Å²) in [6, 6.07) is 76.0. The number of carboxylic acid groups (broad SMARTS) is 2. The SMILES string of the molecule is Cc1ccccc1[P+](Cc1ccccc1)(c1ccccc1C)c1ccccc1C.Cc1ccccc1[P+](Cc1ccccc1)(c1ccccc1C)c1ccccc1C.O=C([O-])CCC(=O)[O-]. The van der Waals surface area contributed by atoms with Crippen LogP contribution in [0, 0.1) is 41.5 Å². The average molecular weight is 907 g/mol. The first-order chi connectivity index (χ1) is 31.9. The zero-order valence-electron chi connectivity index (χ0n) is 39.0. The van der Waals surface area contributed by atoms with Gasteiger partial charge in [0.05, 0.1) is 12.3 Å². The van der Waals surface area contributed by atoms with E-state index in [1.165, 1.54) is 76.3 Å². The van der Waals surface area contributed by atoms with Gasteiger partial charge in [0.1, 0.15) is 46.4 Å². The average Bonchev–Trinajstić information content (AvgIpc) is 3.32.